The van der Waals surface area contributed by atoms with Gasteiger partial charge in [-0.25, -0.2) is 13.2 Å². The molecular weight excluding hydrogens is 332 g/mol. The fourth-order valence-corrected chi connectivity index (χ4v) is 4.22. The quantitative estimate of drug-likeness (QED) is 0.739. The standard InChI is InChI=1S/C15H22N4O4S/c1-15(2,3)23-14(20)18-7-11-9-19(10-12(11)8-18)24(21,22)13-5-6-17(4)16-13/h5-6H,7-10H2,1-4H3. The van der Waals surface area contributed by atoms with Gasteiger partial charge in [0.15, 0.2) is 5.03 Å². The minimum absolute atomic E-state index is 0.0511. The van der Waals surface area contributed by atoms with Crippen molar-refractivity contribution >= 4 is 16.1 Å². The highest BCUT2D eigenvalue weighted by Crippen LogP contribution is 2.30. The van der Waals surface area contributed by atoms with Crippen LogP contribution in [0.1, 0.15) is 20.8 Å². The highest BCUT2D eigenvalue weighted by Gasteiger charge is 2.39. The molecular formula is C15H22N4O4S. The molecule has 3 rings (SSSR count). The average Bonchev–Trinajstić information content (AvgIpc) is 3.09. The third-order valence-corrected chi connectivity index (χ3v) is 5.63. The number of nitrogens with zero attached hydrogens (tertiary/aromatic N) is 4. The highest BCUT2D eigenvalue weighted by molar-refractivity contribution is 7.89. The maximum atomic E-state index is 12.6. The maximum absolute atomic E-state index is 12.6. The van der Waals surface area contributed by atoms with Crippen molar-refractivity contribution < 1.29 is 17.9 Å². The predicted molar refractivity (Wildman–Crippen MR) is 86.8 cm³/mol. The van der Waals surface area contributed by atoms with Crippen LogP contribution in [-0.2, 0) is 21.8 Å². The molecule has 24 heavy (non-hydrogen) atoms. The van der Waals surface area contributed by atoms with Crippen molar-refractivity contribution in [3.8, 4) is 0 Å². The fraction of sp³-hybridized carbons (Fsp3) is 0.600. The molecule has 0 spiro atoms. The first-order valence-electron chi connectivity index (χ1n) is 7.74. The van der Waals surface area contributed by atoms with E-state index in [9.17, 15) is 13.2 Å². The largest absolute Gasteiger partial charge is 0.444 e. The summed E-state index contributed by atoms with van der Waals surface area (Å²) in [5.74, 6) is 0. The molecule has 0 saturated heterocycles. The van der Waals surface area contributed by atoms with Crippen molar-refractivity contribution in [2.45, 2.75) is 31.4 Å². The van der Waals surface area contributed by atoms with E-state index in [1.54, 1.807) is 18.1 Å². The van der Waals surface area contributed by atoms with Crippen molar-refractivity contribution in [2.24, 2.45) is 7.05 Å². The number of carbonyl (C=O) groups excluding carboxylic acids is 1. The van der Waals surface area contributed by atoms with Crippen LogP contribution >= 0.6 is 0 Å². The molecule has 2 aliphatic rings. The van der Waals surface area contributed by atoms with Crippen LogP contribution in [0.25, 0.3) is 0 Å². The van der Waals surface area contributed by atoms with Crippen molar-refractivity contribution in [3.63, 3.8) is 0 Å². The van der Waals surface area contributed by atoms with Crippen LogP contribution in [0.2, 0.25) is 0 Å². The number of hydrogen-bond donors (Lipinski definition) is 0. The van der Waals surface area contributed by atoms with Gasteiger partial charge in [-0.3, -0.25) is 4.68 Å². The normalized spacial score (nSPS) is 19.1. The first kappa shape index (κ1) is 17.0. The van der Waals surface area contributed by atoms with Gasteiger partial charge in [0.2, 0.25) is 0 Å². The molecule has 0 N–H and O–H groups in total. The summed E-state index contributed by atoms with van der Waals surface area (Å²) in [5, 5.41) is 4.04. The number of hydrogen-bond acceptors (Lipinski definition) is 5. The van der Waals surface area contributed by atoms with Gasteiger partial charge in [-0.1, -0.05) is 0 Å². The summed E-state index contributed by atoms with van der Waals surface area (Å²) >= 11 is 0. The molecule has 0 radical (unpaired) electrons. The zero-order chi connectivity index (χ0) is 17.7. The molecule has 1 aromatic rings. The van der Waals surface area contributed by atoms with Gasteiger partial charge in [0.25, 0.3) is 10.0 Å². The first-order chi connectivity index (χ1) is 11.1. The maximum Gasteiger partial charge on any atom is 0.410 e. The SMILES string of the molecule is Cn1ccc(S(=O)(=O)N2CC3=C(CN(C(=O)OC(C)(C)C)C3)C2)n1. The molecule has 0 saturated carbocycles. The fourth-order valence-electron chi connectivity index (χ4n) is 2.83. The van der Waals surface area contributed by atoms with Gasteiger partial charge >= 0.3 is 6.09 Å². The van der Waals surface area contributed by atoms with Gasteiger partial charge in [-0.2, -0.15) is 9.40 Å². The number of rotatable bonds is 2. The Bertz CT molecular complexity index is 786. The summed E-state index contributed by atoms with van der Waals surface area (Å²) < 4.78 is 33.4. The second-order valence-electron chi connectivity index (χ2n) is 7.14. The molecule has 0 fully saturated rings. The third-order valence-electron chi connectivity index (χ3n) is 3.94. The Labute approximate surface area is 141 Å². The summed E-state index contributed by atoms with van der Waals surface area (Å²) in [4.78, 5) is 13.7. The summed E-state index contributed by atoms with van der Waals surface area (Å²) in [7, 11) is -1.92. The van der Waals surface area contributed by atoms with Crippen LogP contribution in [0.3, 0.4) is 0 Å². The zero-order valence-electron chi connectivity index (χ0n) is 14.3. The molecule has 0 aromatic carbocycles. The Hall–Kier alpha value is -1.87. The molecule has 9 heteroatoms. The predicted octanol–water partition coefficient (Wildman–Crippen LogP) is 0.972. The lowest BCUT2D eigenvalue weighted by Gasteiger charge is -2.26. The summed E-state index contributed by atoms with van der Waals surface area (Å²) in [6, 6.07) is 1.49. The summed E-state index contributed by atoms with van der Waals surface area (Å²) in [5.41, 5.74) is 1.40. The number of aromatic nitrogens is 2. The molecule has 1 amide bonds. The summed E-state index contributed by atoms with van der Waals surface area (Å²) in [6.07, 6.45) is 1.24. The van der Waals surface area contributed by atoms with Gasteiger partial charge in [0.05, 0.1) is 0 Å². The monoisotopic (exact) mass is 354 g/mol. The van der Waals surface area contributed by atoms with Crippen molar-refractivity contribution in [1.82, 2.24) is 19.0 Å². The van der Waals surface area contributed by atoms with E-state index in [1.165, 1.54) is 15.1 Å². The third kappa shape index (κ3) is 3.18. The molecule has 0 unspecified atom stereocenters. The van der Waals surface area contributed by atoms with E-state index in [1.807, 2.05) is 20.8 Å². The van der Waals surface area contributed by atoms with Crippen LogP contribution < -0.4 is 0 Å². The minimum Gasteiger partial charge on any atom is -0.444 e. The van der Waals surface area contributed by atoms with E-state index < -0.39 is 15.6 Å². The van der Waals surface area contributed by atoms with Gasteiger partial charge in [-0.05, 0) is 38.0 Å². The van der Waals surface area contributed by atoms with Crippen LogP contribution in [0.4, 0.5) is 4.79 Å². The van der Waals surface area contributed by atoms with Crippen LogP contribution in [0.15, 0.2) is 28.4 Å². The van der Waals surface area contributed by atoms with Gasteiger partial charge < -0.3 is 9.64 Å². The van der Waals surface area contributed by atoms with Crippen molar-refractivity contribution in [2.75, 3.05) is 26.2 Å². The smallest absolute Gasteiger partial charge is 0.410 e. The molecule has 1 aromatic heterocycles. The Balaban J connectivity index is 1.65. The van der Waals surface area contributed by atoms with E-state index in [2.05, 4.69) is 5.10 Å². The summed E-state index contributed by atoms with van der Waals surface area (Å²) in [6.45, 7) is 6.90. The Morgan fingerprint density at radius 2 is 1.75 bits per heavy atom. The first-order valence-corrected chi connectivity index (χ1v) is 9.18. The number of aryl methyl sites for hydroxylation is 1. The number of ether oxygens (including phenoxy) is 1. The van der Waals surface area contributed by atoms with Crippen LogP contribution in [0.5, 0.6) is 0 Å². The van der Waals surface area contributed by atoms with E-state index in [4.69, 9.17) is 4.74 Å². The number of carbonyl (C=O) groups is 1. The lowest BCUT2D eigenvalue weighted by molar-refractivity contribution is 0.0295. The Morgan fingerprint density at radius 1 is 1.17 bits per heavy atom. The lowest BCUT2D eigenvalue weighted by atomic mass is 10.2. The van der Waals surface area contributed by atoms with E-state index in [-0.39, 0.29) is 11.1 Å². The van der Waals surface area contributed by atoms with Crippen LogP contribution in [-0.4, -0.2) is 65.3 Å². The second-order valence-corrected chi connectivity index (χ2v) is 9.03. The Morgan fingerprint density at radius 3 is 2.21 bits per heavy atom. The number of amides is 1. The van der Waals surface area contributed by atoms with E-state index in [0.29, 0.717) is 26.2 Å². The average molecular weight is 354 g/mol. The van der Waals surface area contributed by atoms with E-state index >= 15 is 0 Å². The molecule has 8 nitrogen and oxygen atoms in total. The van der Waals surface area contributed by atoms with Crippen molar-refractivity contribution in [3.05, 3.63) is 23.4 Å². The number of sulfonamides is 1. The molecule has 3 heterocycles. The topological polar surface area (TPSA) is 84.7 Å². The van der Waals surface area contributed by atoms with Crippen molar-refractivity contribution in [1.29, 1.82) is 0 Å². The van der Waals surface area contributed by atoms with Crippen LogP contribution in [0, 0.1) is 0 Å². The molecule has 132 valence electrons. The zero-order valence-corrected chi connectivity index (χ0v) is 15.1. The van der Waals surface area contributed by atoms with Gasteiger partial charge in [-0.15, -0.1) is 0 Å². The minimum atomic E-state index is -3.60. The second kappa shape index (κ2) is 5.59. The molecule has 0 bridgehead atoms. The van der Waals surface area contributed by atoms with E-state index in [0.717, 1.165) is 11.1 Å². The molecule has 0 atom stereocenters. The highest BCUT2D eigenvalue weighted by atomic mass is 32.2. The van der Waals surface area contributed by atoms with Gasteiger partial charge in [0.1, 0.15) is 5.60 Å². The van der Waals surface area contributed by atoms with Gasteiger partial charge in [0, 0.05) is 39.4 Å². The molecule has 0 aliphatic carbocycles. The lowest BCUT2D eigenvalue weighted by Crippen LogP contribution is -2.39. The Kier molecular flexibility index (Phi) is 3.95. The molecule has 2 aliphatic heterocycles.